The molecule has 5 nitrogen and oxygen atoms in total. The molecule has 0 aliphatic carbocycles. The Morgan fingerprint density at radius 2 is 2.18 bits per heavy atom. The summed E-state index contributed by atoms with van der Waals surface area (Å²) in [6.07, 6.45) is 6.49. The van der Waals surface area contributed by atoms with Gasteiger partial charge >= 0.3 is 0 Å². The van der Waals surface area contributed by atoms with Gasteiger partial charge in [-0.05, 0) is 57.0 Å². The van der Waals surface area contributed by atoms with Gasteiger partial charge < -0.3 is 20.1 Å². The van der Waals surface area contributed by atoms with Crippen LogP contribution < -0.4 is 10.6 Å². The summed E-state index contributed by atoms with van der Waals surface area (Å²) in [5.41, 5.74) is 0. The Bertz CT molecular complexity index is 313. The Balaban J connectivity index is 1.44. The maximum absolute atomic E-state index is 12.0. The molecule has 0 spiro atoms. The maximum atomic E-state index is 12.0. The molecule has 0 bridgehead atoms. The monoisotopic (exact) mass is 312 g/mol. The van der Waals surface area contributed by atoms with Crippen molar-refractivity contribution in [2.24, 2.45) is 11.8 Å². The first kappa shape index (κ1) is 17.7. The first-order valence-corrected chi connectivity index (χ1v) is 8.92. The van der Waals surface area contributed by atoms with Crippen LogP contribution in [0.2, 0.25) is 0 Å². The average Bonchev–Trinajstić information content (AvgIpc) is 3.05. The standard InChI is InChI=1S/C17H32N2O3/c1-14(15-5-8-18-9-6-15)12-17(20)19-7-3-10-21-13-16-4-2-11-22-16/h14-16,18H,2-13H2,1H3,(H,19,20). The SMILES string of the molecule is CC(CC(=O)NCCCOCC1CCCO1)C1CCNCC1. The Morgan fingerprint density at radius 1 is 1.36 bits per heavy atom. The van der Waals surface area contributed by atoms with Crippen LogP contribution in [0.1, 0.15) is 45.4 Å². The third kappa shape index (κ3) is 6.63. The Morgan fingerprint density at radius 3 is 2.91 bits per heavy atom. The highest BCUT2D eigenvalue weighted by Crippen LogP contribution is 2.24. The summed E-state index contributed by atoms with van der Waals surface area (Å²) in [6, 6.07) is 0. The smallest absolute Gasteiger partial charge is 0.220 e. The molecular formula is C17H32N2O3. The highest BCUT2D eigenvalue weighted by molar-refractivity contribution is 5.76. The van der Waals surface area contributed by atoms with Crippen molar-refractivity contribution in [3.8, 4) is 0 Å². The van der Waals surface area contributed by atoms with Crippen LogP contribution in [0.15, 0.2) is 0 Å². The molecule has 0 radical (unpaired) electrons. The summed E-state index contributed by atoms with van der Waals surface area (Å²) in [5, 5.41) is 6.39. The van der Waals surface area contributed by atoms with Crippen molar-refractivity contribution in [2.45, 2.75) is 51.6 Å². The van der Waals surface area contributed by atoms with Gasteiger partial charge in [-0.25, -0.2) is 0 Å². The van der Waals surface area contributed by atoms with Crippen LogP contribution in [0, 0.1) is 11.8 Å². The van der Waals surface area contributed by atoms with Gasteiger partial charge in [0.25, 0.3) is 0 Å². The van der Waals surface area contributed by atoms with Crippen LogP contribution in [0.3, 0.4) is 0 Å². The van der Waals surface area contributed by atoms with Crippen molar-refractivity contribution in [1.82, 2.24) is 10.6 Å². The van der Waals surface area contributed by atoms with Gasteiger partial charge in [-0.1, -0.05) is 6.92 Å². The van der Waals surface area contributed by atoms with Crippen molar-refractivity contribution in [2.75, 3.05) is 39.5 Å². The molecule has 22 heavy (non-hydrogen) atoms. The Labute approximate surface area is 134 Å². The molecule has 2 rings (SSSR count). The van der Waals surface area contributed by atoms with Crippen molar-refractivity contribution in [3.63, 3.8) is 0 Å². The number of hydrogen-bond acceptors (Lipinski definition) is 4. The van der Waals surface area contributed by atoms with Crippen LogP contribution in [0.25, 0.3) is 0 Å². The average molecular weight is 312 g/mol. The first-order chi connectivity index (χ1) is 10.8. The molecule has 2 N–H and O–H groups in total. The number of hydrogen-bond donors (Lipinski definition) is 2. The normalized spacial score (nSPS) is 24.3. The van der Waals surface area contributed by atoms with Gasteiger partial charge in [0.2, 0.25) is 5.91 Å². The number of amides is 1. The topological polar surface area (TPSA) is 59.6 Å². The van der Waals surface area contributed by atoms with Gasteiger partial charge in [-0.3, -0.25) is 4.79 Å². The molecule has 0 saturated carbocycles. The molecule has 1 amide bonds. The molecule has 0 aromatic rings. The molecule has 0 aromatic carbocycles. The summed E-state index contributed by atoms with van der Waals surface area (Å²) in [5.74, 6) is 1.37. The van der Waals surface area contributed by atoms with Gasteiger partial charge in [-0.15, -0.1) is 0 Å². The van der Waals surface area contributed by atoms with Gasteiger partial charge in [0.15, 0.2) is 0 Å². The molecule has 0 aromatic heterocycles. The fraction of sp³-hybridized carbons (Fsp3) is 0.941. The lowest BCUT2D eigenvalue weighted by Gasteiger charge is -2.27. The number of carbonyl (C=O) groups excluding carboxylic acids is 1. The summed E-state index contributed by atoms with van der Waals surface area (Å²) in [4.78, 5) is 12.0. The van der Waals surface area contributed by atoms with E-state index in [1.165, 1.54) is 12.8 Å². The molecule has 2 fully saturated rings. The highest BCUT2D eigenvalue weighted by Gasteiger charge is 2.21. The van der Waals surface area contributed by atoms with E-state index in [0.717, 1.165) is 39.0 Å². The van der Waals surface area contributed by atoms with Crippen LogP contribution in [-0.2, 0) is 14.3 Å². The third-order valence-corrected chi connectivity index (χ3v) is 4.81. The lowest BCUT2D eigenvalue weighted by Crippen LogP contribution is -2.33. The molecule has 2 aliphatic rings. The first-order valence-electron chi connectivity index (χ1n) is 8.92. The summed E-state index contributed by atoms with van der Waals surface area (Å²) in [7, 11) is 0. The second-order valence-corrected chi connectivity index (χ2v) is 6.68. The van der Waals surface area contributed by atoms with Crippen molar-refractivity contribution in [1.29, 1.82) is 0 Å². The third-order valence-electron chi connectivity index (χ3n) is 4.81. The second-order valence-electron chi connectivity index (χ2n) is 6.68. The van der Waals surface area contributed by atoms with E-state index in [9.17, 15) is 4.79 Å². The zero-order valence-corrected chi connectivity index (χ0v) is 13.9. The maximum Gasteiger partial charge on any atom is 0.220 e. The highest BCUT2D eigenvalue weighted by atomic mass is 16.5. The minimum Gasteiger partial charge on any atom is -0.379 e. The summed E-state index contributed by atoms with van der Waals surface area (Å²) in [6.45, 7) is 7.38. The van der Waals surface area contributed by atoms with Crippen LogP contribution in [0.5, 0.6) is 0 Å². The van der Waals surface area contributed by atoms with E-state index in [2.05, 4.69) is 17.6 Å². The van der Waals surface area contributed by atoms with Gasteiger partial charge in [-0.2, -0.15) is 0 Å². The summed E-state index contributed by atoms with van der Waals surface area (Å²) >= 11 is 0. The number of carbonyl (C=O) groups is 1. The van der Waals surface area contributed by atoms with Gasteiger partial charge in [0.1, 0.15) is 0 Å². The second kappa shape index (κ2) is 10.2. The minimum atomic E-state index is 0.185. The van der Waals surface area contributed by atoms with Crippen LogP contribution in [-0.4, -0.2) is 51.5 Å². The Hall–Kier alpha value is -0.650. The zero-order chi connectivity index (χ0) is 15.6. The number of piperidine rings is 1. The molecule has 2 saturated heterocycles. The van der Waals surface area contributed by atoms with E-state index in [1.807, 2.05) is 0 Å². The molecule has 2 aliphatic heterocycles. The van der Waals surface area contributed by atoms with Crippen molar-refractivity contribution < 1.29 is 14.3 Å². The van der Waals surface area contributed by atoms with E-state index in [4.69, 9.17) is 9.47 Å². The molecule has 2 heterocycles. The molecule has 128 valence electrons. The molecule has 2 unspecified atom stereocenters. The predicted octanol–water partition coefficient (Wildman–Crippen LogP) is 1.71. The van der Waals surface area contributed by atoms with E-state index in [-0.39, 0.29) is 5.91 Å². The van der Waals surface area contributed by atoms with E-state index >= 15 is 0 Å². The fourth-order valence-corrected chi connectivity index (χ4v) is 3.34. The minimum absolute atomic E-state index is 0.185. The predicted molar refractivity (Wildman–Crippen MR) is 86.8 cm³/mol. The van der Waals surface area contributed by atoms with Crippen LogP contribution >= 0.6 is 0 Å². The van der Waals surface area contributed by atoms with E-state index in [1.54, 1.807) is 0 Å². The molecular weight excluding hydrogens is 280 g/mol. The van der Waals surface area contributed by atoms with Crippen molar-refractivity contribution in [3.05, 3.63) is 0 Å². The van der Waals surface area contributed by atoms with Gasteiger partial charge in [0, 0.05) is 26.2 Å². The number of nitrogens with one attached hydrogen (secondary N) is 2. The molecule has 5 heteroatoms. The lowest BCUT2D eigenvalue weighted by atomic mass is 9.84. The summed E-state index contributed by atoms with van der Waals surface area (Å²) < 4.78 is 11.1. The number of ether oxygens (including phenoxy) is 2. The zero-order valence-electron chi connectivity index (χ0n) is 13.9. The van der Waals surface area contributed by atoms with Crippen LogP contribution in [0.4, 0.5) is 0 Å². The lowest BCUT2D eigenvalue weighted by molar-refractivity contribution is -0.122. The quantitative estimate of drug-likeness (QED) is 0.636. The largest absolute Gasteiger partial charge is 0.379 e. The van der Waals surface area contributed by atoms with Gasteiger partial charge in [0.05, 0.1) is 12.7 Å². The fourth-order valence-electron chi connectivity index (χ4n) is 3.34. The Kier molecular flexibility index (Phi) is 8.20. The van der Waals surface area contributed by atoms with E-state index < -0.39 is 0 Å². The van der Waals surface area contributed by atoms with E-state index in [0.29, 0.717) is 44.1 Å². The molecule has 2 atom stereocenters. The van der Waals surface area contributed by atoms with Crippen molar-refractivity contribution >= 4 is 5.91 Å². The number of rotatable bonds is 9.